The second-order valence-corrected chi connectivity index (χ2v) is 7.67. The molecule has 0 fully saturated rings. The molecule has 0 saturated carbocycles. The summed E-state index contributed by atoms with van der Waals surface area (Å²) < 4.78 is 5.04. The number of nitrogens with zero attached hydrogens (tertiary/aromatic N) is 1. The maximum Gasteiger partial charge on any atom is 0.252 e. The predicted octanol–water partition coefficient (Wildman–Crippen LogP) is 4.38. The topological polar surface area (TPSA) is 58.6 Å². The summed E-state index contributed by atoms with van der Waals surface area (Å²) in [6.07, 6.45) is 1.83. The van der Waals surface area contributed by atoms with Crippen LogP contribution in [0, 0.1) is 0 Å². The largest absolute Gasteiger partial charge is 0.375 e. The molecule has 0 aliphatic carbocycles. The van der Waals surface area contributed by atoms with E-state index in [-0.39, 0.29) is 18.4 Å². The highest BCUT2D eigenvalue weighted by atomic mass is 16.5. The zero-order valence-electron chi connectivity index (χ0n) is 17.6. The number of benzene rings is 3. The highest BCUT2D eigenvalue weighted by Gasteiger charge is 2.25. The standard InChI is InChI=1S/C26H26N2O3/c1-31-18-24(29)28-16-8-13-19-14-15-22(17-23(19)28)27-26(30)25(20-9-4-2-5-10-20)21-11-6-3-7-12-21/h2-7,9-12,14-15,17,25H,8,13,16,18H2,1H3,(H,27,30). The van der Waals surface area contributed by atoms with E-state index in [0.717, 1.165) is 35.2 Å². The molecule has 0 aromatic heterocycles. The van der Waals surface area contributed by atoms with Crippen molar-refractivity contribution in [1.82, 2.24) is 0 Å². The van der Waals surface area contributed by atoms with E-state index in [1.165, 1.54) is 7.11 Å². The smallest absolute Gasteiger partial charge is 0.252 e. The van der Waals surface area contributed by atoms with Gasteiger partial charge in [0.2, 0.25) is 5.91 Å². The van der Waals surface area contributed by atoms with Gasteiger partial charge >= 0.3 is 0 Å². The lowest BCUT2D eigenvalue weighted by Crippen LogP contribution is -2.37. The Morgan fingerprint density at radius 1 is 0.968 bits per heavy atom. The number of carbonyl (C=O) groups excluding carboxylic acids is 2. The summed E-state index contributed by atoms with van der Waals surface area (Å²) in [4.78, 5) is 27.6. The number of fused-ring (bicyclic) bond motifs is 1. The molecule has 1 N–H and O–H groups in total. The molecule has 0 unspecified atom stereocenters. The molecule has 31 heavy (non-hydrogen) atoms. The molecule has 5 nitrogen and oxygen atoms in total. The molecule has 5 heteroatoms. The Labute approximate surface area is 182 Å². The minimum atomic E-state index is -0.426. The summed E-state index contributed by atoms with van der Waals surface area (Å²) in [7, 11) is 1.52. The Balaban J connectivity index is 1.63. The van der Waals surface area contributed by atoms with Crippen molar-refractivity contribution in [2.45, 2.75) is 18.8 Å². The van der Waals surface area contributed by atoms with Crippen LogP contribution >= 0.6 is 0 Å². The van der Waals surface area contributed by atoms with Gasteiger partial charge in [-0.2, -0.15) is 0 Å². The predicted molar refractivity (Wildman–Crippen MR) is 122 cm³/mol. The third kappa shape index (κ3) is 4.67. The lowest BCUT2D eigenvalue weighted by Gasteiger charge is -2.30. The van der Waals surface area contributed by atoms with Gasteiger partial charge in [0.1, 0.15) is 6.61 Å². The Hall–Kier alpha value is -3.44. The Morgan fingerprint density at radius 3 is 2.23 bits per heavy atom. The average Bonchev–Trinajstić information content (AvgIpc) is 2.80. The zero-order chi connectivity index (χ0) is 21.6. The first-order valence-electron chi connectivity index (χ1n) is 10.5. The average molecular weight is 415 g/mol. The summed E-state index contributed by atoms with van der Waals surface area (Å²) in [6.45, 7) is 0.698. The minimum Gasteiger partial charge on any atom is -0.375 e. The summed E-state index contributed by atoms with van der Waals surface area (Å²) in [5.74, 6) is -0.606. The number of rotatable bonds is 6. The molecule has 4 rings (SSSR count). The van der Waals surface area contributed by atoms with Crippen molar-refractivity contribution in [2.24, 2.45) is 0 Å². The van der Waals surface area contributed by atoms with Gasteiger partial charge in [-0.1, -0.05) is 66.7 Å². The number of carbonyl (C=O) groups is 2. The SMILES string of the molecule is COCC(=O)N1CCCc2ccc(NC(=O)C(c3ccccc3)c3ccccc3)cc21. The van der Waals surface area contributed by atoms with E-state index in [9.17, 15) is 9.59 Å². The number of aryl methyl sites for hydroxylation is 1. The van der Waals surface area contributed by atoms with Crippen molar-refractivity contribution in [3.05, 3.63) is 95.6 Å². The van der Waals surface area contributed by atoms with Gasteiger partial charge in [-0.15, -0.1) is 0 Å². The van der Waals surface area contributed by atoms with Gasteiger partial charge in [0.15, 0.2) is 0 Å². The zero-order valence-corrected chi connectivity index (χ0v) is 17.6. The van der Waals surface area contributed by atoms with E-state index in [2.05, 4.69) is 5.32 Å². The fraction of sp³-hybridized carbons (Fsp3) is 0.231. The molecule has 1 aliphatic rings. The van der Waals surface area contributed by atoms with E-state index in [0.29, 0.717) is 12.2 Å². The maximum absolute atomic E-state index is 13.4. The van der Waals surface area contributed by atoms with Crippen LogP contribution in [0.3, 0.4) is 0 Å². The van der Waals surface area contributed by atoms with Crippen molar-refractivity contribution >= 4 is 23.2 Å². The van der Waals surface area contributed by atoms with Crippen LogP contribution in [0.4, 0.5) is 11.4 Å². The van der Waals surface area contributed by atoms with Crippen molar-refractivity contribution < 1.29 is 14.3 Å². The first kappa shape index (κ1) is 20.8. The second-order valence-electron chi connectivity index (χ2n) is 7.67. The van der Waals surface area contributed by atoms with Crippen LogP contribution in [-0.2, 0) is 20.7 Å². The molecular formula is C26H26N2O3. The van der Waals surface area contributed by atoms with Crippen LogP contribution in [0.2, 0.25) is 0 Å². The molecule has 1 heterocycles. The van der Waals surface area contributed by atoms with Gasteiger partial charge in [-0.25, -0.2) is 0 Å². The summed E-state index contributed by atoms with van der Waals surface area (Å²) in [5.41, 5.74) is 4.50. The second kappa shape index (κ2) is 9.58. The lowest BCUT2D eigenvalue weighted by molar-refractivity contribution is -0.122. The first-order valence-corrected chi connectivity index (χ1v) is 10.5. The number of hydrogen-bond acceptors (Lipinski definition) is 3. The molecule has 3 aromatic carbocycles. The molecule has 0 radical (unpaired) electrons. The van der Waals surface area contributed by atoms with Crippen LogP contribution in [0.1, 0.15) is 29.0 Å². The number of ether oxygens (including phenoxy) is 1. The summed E-state index contributed by atoms with van der Waals surface area (Å²) in [6, 6.07) is 25.3. The third-order valence-electron chi connectivity index (χ3n) is 5.57. The van der Waals surface area contributed by atoms with Crippen molar-refractivity contribution in [3.63, 3.8) is 0 Å². The monoisotopic (exact) mass is 414 g/mol. The molecule has 0 bridgehead atoms. The Bertz CT molecular complexity index is 1010. The van der Waals surface area contributed by atoms with Gasteiger partial charge < -0.3 is 15.0 Å². The van der Waals surface area contributed by atoms with Gasteiger partial charge in [-0.3, -0.25) is 9.59 Å². The minimum absolute atomic E-state index is 0.0418. The number of anilines is 2. The summed E-state index contributed by atoms with van der Waals surface area (Å²) >= 11 is 0. The first-order chi connectivity index (χ1) is 15.2. The fourth-order valence-corrected chi connectivity index (χ4v) is 4.11. The van der Waals surface area contributed by atoms with E-state index >= 15 is 0 Å². The highest BCUT2D eigenvalue weighted by Crippen LogP contribution is 2.32. The van der Waals surface area contributed by atoms with Gasteiger partial charge in [0.25, 0.3) is 5.91 Å². The number of amides is 2. The maximum atomic E-state index is 13.4. The van der Waals surface area contributed by atoms with Crippen LogP contribution in [-0.4, -0.2) is 32.1 Å². The molecule has 2 amide bonds. The van der Waals surface area contributed by atoms with Crippen molar-refractivity contribution in [2.75, 3.05) is 30.5 Å². The molecule has 0 spiro atoms. The van der Waals surface area contributed by atoms with Crippen molar-refractivity contribution in [1.29, 1.82) is 0 Å². The molecule has 158 valence electrons. The fourth-order valence-electron chi connectivity index (χ4n) is 4.11. The highest BCUT2D eigenvalue weighted by molar-refractivity contribution is 6.00. The Morgan fingerprint density at radius 2 is 1.61 bits per heavy atom. The molecule has 0 atom stereocenters. The molecule has 3 aromatic rings. The van der Waals surface area contributed by atoms with Crippen LogP contribution in [0.25, 0.3) is 0 Å². The van der Waals surface area contributed by atoms with Crippen LogP contribution < -0.4 is 10.2 Å². The Kier molecular flexibility index (Phi) is 6.43. The third-order valence-corrected chi connectivity index (χ3v) is 5.57. The van der Waals surface area contributed by atoms with Gasteiger partial charge in [0.05, 0.1) is 5.92 Å². The van der Waals surface area contributed by atoms with E-state index in [1.807, 2.05) is 78.9 Å². The van der Waals surface area contributed by atoms with E-state index in [1.54, 1.807) is 4.90 Å². The lowest BCUT2D eigenvalue weighted by atomic mass is 9.90. The number of methoxy groups -OCH3 is 1. The van der Waals surface area contributed by atoms with Crippen LogP contribution in [0.5, 0.6) is 0 Å². The van der Waals surface area contributed by atoms with Crippen molar-refractivity contribution in [3.8, 4) is 0 Å². The molecule has 0 saturated heterocycles. The van der Waals surface area contributed by atoms with Gasteiger partial charge in [0, 0.05) is 25.0 Å². The summed E-state index contributed by atoms with van der Waals surface area (Å²) in [5, 5.41) is 3.07. The van der Waals surface area contributed by atoms with E-state index in [4.69, 9.17) is 4.74 Å². The quantitative estimate of drug-likeness (QED) is 0.651. The molecule has 1 aliphatic heterocycles. The number of hydrogen-bond donors (Lipinski definition) is 1. The van der Waals surface area contributed by atoms with E-state index < -0.39 is 5.92 Å². The van der Waals surface area contributed by atoms with Crippen LogP contribution in [0.15, 0.2) is 78.9 Å². The number of nitrogens with one attached hydrogen (secondary N) is 1. The van der Waals surface area contributed by atoms with Gasteiger partial charge in [-0.05, 0) is 41.7 Å². The molecular weight excluding hydrogens is 388 g/mol. The normalized spacial score (nSPS) is 13.0.